The van der Waals surface area contributed by atoms with Gasteiger partial charge in [-0.1, -0.05) is 19.1 Å². The first-order chi connectivity index (χ1) is 17.9. The molecule has 2 heterocycles. The second kappa shape index (κ2) is 11.6. The topological polar surface area (TPSA) is 61.8 Å². The van der Waals surface area contributed by atoms with Crippen LogP contribution in [0.3, 0.4) is 0 Å². The van der Waals surface area contributed by atoms with Crippen molar-refractivity contribution < 1.29 is 66.5 Å². The van der Waals surface area contributed by atoms with Gasteiger partial charge in [-0.3, -0.25) is 4.90 Å². The Morgan fingerprint density at radius 1 is 1.10 bits per heavy atom. The van der Waals surface area contributed by atoms with E-state index in [1.165, 1.54) is 0 Å². The standard InChI is InChI=1S/C29H33F4NO4.Na/c1-17(27(35)36)26(20-4-5-20)21-6-3-19-9-10-28(37-25(19)15-21)11-13-34(14-12-28)18(2)23-16-22(30)7-8-24(23)38-29(31,32)33;/h3,6-8,15-18,20,26H,4-5,9-14H2,1-2H3,(H,35,36);/q;+1/p-1/t17-,18-,26-;/m0./s1. The van der Waals surface area contributed by atoms with Crippen molar-refractivity contribution in [3.05, 3.63) is 58.9 Å². The Hall–Kier alpha value is -1.81. The molecule has 0 unspecified atom stereocenters. The fourth-order valence-corrected chi connectivity index (χ4v) is 6.23. The zero-order chi connectivity index (χ0) is 27.2. The van der Waals surface area contributed by atoms with Crippen LogP contribution in [0.5, 0.6) is 11.5 Å². The summed E-state index contributed by atoms with van der Waals surface area (Å²) < 4.78 is 63.5. The minimum atomic E-state index is -4.86. The number of alkyl halides is 3. The minimum Gasteiger partial charge on any atom is -0.550 e. The quantitative estimate of drug-likeness (QED) is 0.387. The Kier molecular flexibility index (Phi) is 8.96. The van der Waals surface area contributed by atoms with E-state index in [0.717, 1.165) is 60.8 Å². The first-order valence-corrected chi connectivity index (χ1v) is 13.3. The molecule has 2 aromatic rings. The smallest absolute Gasteiger partial charge is 0.550 e. The van der Waals surface area contributed by atoms with E-state index in [1.807, 2.05) is 23.1 Å². The first-order valence-electron chi connectivity index (χ1n) is 13.3. The summed E-state index contributed by atoms with van der Waals surface area (Å²) in [5, 5.41) is 11.6. The van der Waals surface area contributed by atoms with Gasteiger partial charge in [-0.25, -0.2) is 4.39 Å². The fraction of sp³-hybridized carbons (Fsp3) is 0.552. The van der Waals surface area contributed by atoms with Crippen LogP contribution >= 0.6 is 0 Å². The van der Waals surface area contributed by atoms with Crippen LogP contribution in [0.25, 0.3) is 0 Å². The molecule has 2 aromatic carbocycles. The number of halogens is 4. The van der Waals surface area contributed by atoms with E-state index >= 15 is 0 Å². The summed E-state index contributed by atoms with van der Waals surface area (Å²) in [4.78, 5) is 13.7. The number of carboxylic acid groups (broad SMARTS) is 1. The zero-order valence-electron chi connectivity index (χ0n) is 22.5. The van der Waals surface area contributed by atoms with Crippen LogP contribution in [0.15, 0.2) is 36.4 Å². The van der Waals surface area contributed by atoms with Gasteiger partial charge >= 0.3 is 35.9 Å². The predicted molar refractivity (Wildman–Crippen MR) is 130 cm³/mol. The van der Waals surface area contributed by atoms with Gasteiger partial charge in [-0.15, -0.1) is 13.2 Å². The number of nitrogens with zero attached hydrogens (tertiary/aromatic N) is 1. The predicted octanol–water partition coefficient (Wildman–Crippen LogP) is 2.53. The van der Waals surface area contributed by atoms with Crippen LogP contribution in [-0.2, 0) is 11.2 Å². The number of fused-ring (bicyclic) bond motifs is 1. The summed E-state index contributed by atoms with van der Waals surface area (Å²) >= 11 is 0. The van der Waals surface area contributed by atoms with Gasteiger partial charge in [0.15, 0.2) is 0 Å². The van der Waals surface area contributed by atoms with E-state index in [2.05, 4.69) is 4.74 Å². The molecule has 39 heavy (non-hydrogen) atoms. The van der Waals surface area contributed by atoms with Crippen LogP contribution in [0.1, 0.15) is 74.6 Å². The molecule has 206 valence electrons. The molecule has 10 heteroatoms. The van der Waals surface area contributed by atoms with E-state index < -0.39 is 41.5 Å². The molecule has 0 aromatic heterocycles. The molecule has 1 saturated carbocycles. The Labute approximate surface area is 248 Å². The van der Waals surface area contributed by atoms with Gasteiger partial charge in [0.25, 0.3) is 0 Å². The number of likely N-dealkylation sites (tertiary alicyclic amines) is 1. The van der Waals surface area contributed by atoms with Gasteiger partial charge in [0.2, 0.25) is 0 Å². The number of hydrogen-bond acceptors (Lipinski definition) is 5. The van der Waals surface area contributed by atoms with Crippen LogP contribution in [0.4, 0.5) is 17.6 Å². The van der Waals surface area contributed by atoms with Crippen LogP contribution in [-0.4, -0.2) is 35.9 Å². The number of aryl methyl sites for hydroxylation is 1. The molecule has 2 fully saturated rings. The van der Waals surface area contributed by atoms with E-state index in [1.54, 1.807) is 13.8 Å². The third-order valence-electron chi connectivity index (χ3n) is 8.60. The van der Waals surface area contributed by atoms with Gasteiger partial charge in [-0.05, 0) is 92.7 Å². The molecule has 3 atom stereocenters. The van der Waals surface area contributed by atoms with Gasteiger partial charge in [0.05, 0.1) is 0 Å². The number of piperidine rings is 1. The van der Waals surface area contributed by atoms with E-state index in [-0.39, 0.29) is 41.0 Å². The number of aliphatic carboxylic acids is 1. The molecule has 0 bridgehead atoms. The second-order valence-corrected chi connectivity index (χ2v) is 11.1. The summed E-state index contributed by atoms with van der Waals surface area (Å²) in [7, 11) is 0. The van der Waals surface area contributed by atoms with Crippen LogP contribution in [0, 0.1) is 17.7 Å². The number of hydrogen-bond donors (Lipinski definition) is 0. The summed E-state index contributed by atoms with van der Waals surface area (Å²) in [6, 6.07) is 8.68. The molecule has 1 aliphatic carbocycles. The van der Waals surface area contributed by atoms with Crippen LogP contribution < -0.4 is 44.1 Å². The van der Waals surface area contributed by atoms with Gasteiger partial charge < -0.3 is 19.4 Å². The maximum Gasteiger partial charge on any atom is 1.00 e. The molecule has 0 radical (unpaired) electrons. The number of rotatable bonds is 7. The number of carboxylic acids is 1. The summed E-state index contributed by atoms with van der Waals surface area (Å²) in [5.41, 5.74) is 1.82. The Bertz CT molecular complexity index is 1190. The SMILES string of the molecule is C[C@H](C(=O)[O-])[C@H](c1ccc2c(c1)OC1(CC2)CCN([C@@H](C)c2cc(F)ccc2OC(F)(F)F)CC1)C1CC1.[Na+]. The number of carbonyl (C=O) groups excluding carboxylic acids is 1. The summed E-state index contributed by atoms with van der Waals surface area (Å²) in [6.07, 6.45) is 0.172. The van der Waals surface area contributed by atoms with Crippen molar-refractivity contribution in [1.29, 1.82) is 0 Å². The molecular formula is C29H32F4NNaO4. The van der Waals surface area contributed by atoms with Gasteiger partial charge in [-0.2, -0.15) is 0 Å². The Morgan fingerprint density at radius 2 is 1.79 bits per heavy atom. The summed E-state index contributed by atoms with van der Waals surface area (Å²) in [6.45, 7) is 4.62. The molecule has 2 aliphatic heterocycles. The molecular weight excluding hydrogens is 525 g/mol. The van der Waals surface area contributed by atoms with E-state index in [4.69, 9.17) is 4.74 Å². The second-order valence-electron chi connectivity index (χ2n) is 11.1. The number of benzene rings is 2. The average Bonchev–Trinajstić information content (AvgIpc) is 3.69. The molecule has 0 N–H and O–H groups in total. The van der Waals surface area contributed by atoms with Gasteiger partial charge in [0, 0.05) is 36.6 Å². The third-order valence-corrected chi connectivity index (χ3v) is 8.60. The van der Waals surface area contributed by atoms with Gasteiger partial charge in [0.1, 0.15) is 22.9 Å². The monoisotopic (exact) mass is 557 g/mol. The van der Waals surface area contributed by atoms with Crippen LogP contribution in [0.2, 0.25) is 0 Å². The maximum atomic E-state index is 14.0. The van der Waals surface area contributed by atoms with Crippen molar-refractivity contribution in [1.82, 2.24) is 4.90 Å². The molecule has 3 aliphatic rings. The van der Waals surface area contributed by atoms with Crippen molar-refractivity contribution >= 4 is 5.97 Å². The summed E-state index contributed by atoms with van der Waals surface area (Å²) in [5.74, 6) is -1.60. The molecule has 1 saturated heterocycles. The molecule has 1 spiro atoms. The van der Waals surface area contributed by atoms with Crippen molar-refractivity contribution in [2.75, 3.05) is 13.1 Å². The van der Waals surface area contributed by atoms with Crippen molar-refractivity contribution in [2.24, 2.45) is 11.8 Å². The first kappa shape index (κ1) is 30.2. The Morgan fingerprint density at radius 3 is 2.41 bits per heavy atom. The Balaban J connectivity index is 0.00000353. The molecule has 0 amide bonds. The minimum absolute atomic E-state index is 0. The fourth-order valence-electron chi connectivity index (χ4n) is 6.23. The zero-order valence-corrected chi connectivity index (χ0v) is 24.5. The number of ether oxygens (including phenoxy) is 2. The van der Waals surface area contributed by atoms with Crippen molar-refractivity contribution in [2.45, 2.75) is 76.3 Å². The largest absolute Gasteiger partial charge is 1.00 e. The molecule has 5 rings (SSSR count). The maximum absolute atomic E-state index is 14.0. The molecule has 5 nitrogen and oxygen atoms in total. The van der Waals surface area contributed by atoms with Crippen molar-refractivity contribution in [3.63, 3.8) is 0 Å². The number of carbonyl (C=O) groups is 1. The van der Waals surface area contributed by atoms with Crippen molar-refractivity contribution in [3.8, 4) is 11.5 Å². The van der Waals surface area contributed by atoms with E-state index in [0.29, 0.717) is 31.8 Å². The van der Waals surface area contributed by atoms with E-state index in [9.17, 15) is 27.5 Å². The normalized spacial score (nSPS) is 21.2. The third kappa shape index (κ3) is 6.75. The average molecular weight is 558 g/mol.